The summed E-state index contributed by atoms with van der Waals surface area (Å²) in [5.41, 5.74) is 5.40. The second-order valence-electron chi connectivity index (χ2n) is 5.71. The van der Waals surface area contributed by atoms with Gasteiger partial charge in [0.25, 0.3) is 0 Å². The third-order valence-electron chi connectivity index (χ3n) is 4.39. The van der Waals surface area contributed by atoms with Crippen molar-refractivity contribution < 1.29 is 4.68 Å². The van der Waals surface area contributed by atoms with Gasteiger partial charge in [-0.1, -0.05) is 36.8 Å². The third kappa shape index (κ3) is 3.04. The van der Waals surface area contributed by atoms with Crippen LogP contribution in [0, 0.1) is 13.8 Å². The molecule has 2 N–H and O–H groups in total. The molecule has 0 aliphatic heterocycles. The maximum atomic E-state index is 6.19. The molecule has 0 spiro atoms. The molecule has 2 bridgehead atoms. The fourth-order valence-corrected chi connectivity index (χ4v) is 3.00. The van der Waals surface area contributed by atoms with Gasteiger partial charge in [0.05, 0.1) is 0 Å². The van der Waals surface area contributed by atoms with Crippen molar-refractivity contribution in [2.75, 3.05) is 5.84 Å². The number of hydrogen-bond donors (Lipinski definition) is 1. The molecule has 1 aromatic heterocycles. The van der Waals surface area contributed by atoms with E-state index < -0.39 is 0 Å². The van der Waals surface area contributed by atoms with Gasteiger partial charge in [0.1, 0.15) is 0 Å². The maximum Gasteiger partial charge on any atom is 0.211 e. The molecular formula is C16H27N2+. The molecule has 1 aliphatic rings. The molecule has 0 radical (unpaired) electrons. The minimum Gasteiger partial charge on any atom is -0.205 e. The van der Waals surface area contributed by atoms with Crippen molar-refractivity contribution in [2.45, 2.75) is 71.6 Å². The number of aromatic nitrogens is 1. The van der Waals surface area contributed by atoms with Crippen LogP contribution in [-0.4, -0.2) is 0 Å². The van der Waals surface area contributed by atoms with Gasteiger partial charge in [-0.2, -0.15) is 0 Å². The quantitative estimate of drug-likeness (QED) is 0.554. The highest BCUT2D eigenvalue weighted by Gasteiger charge is 2.17. The van der Waals surface area contributed by atoms with Crippen molar-refractivity contribution in [3.8, 4) is 0 Å². The van der Waals surface area contributed by atoms with Crippen molar-refractivity contribution in [1.82, 2.24) is 0 Å². The van der Waals surface area contributed by atoms with Gasteiger partial charge in [-0.3, -0.25) is 0 Å². The van der Waals surface area contributed by atoms with Gasteiger partial charge >= 0.3 is 0 Å². The first-order valence-electron chi connectivity index (χ1n) is 7.49. The standard InChI is InChI=1S/C16H27N2/c1-13-15-10-8-6-4-3-5-7-9-11-16(12-15)14(2)18(13)17/h12H,3-11,17H2,1-2H3/q+1. The van der Waals surface area contributed by atoms with Crippen LogP contribution in [0.25, 0.3) is 0 Å². The van der Waals surface area contributed by atoms with E-state index in [1.165, 1.54) is 80.3 Å². The van der Waals surface area contributed by atoms with E-state index in [9.17, 15) is 0 Å². The minimum absolute atomic E-state index is 1.19. The predicted molar refractivity (Wildman–Crippen MR) is 76.0 cm³/mol. The second-order valence-corrected chi connectivity index (χ2v) is 5.71. The highest BCUT2D eigenvalue weighted by Crippen LogP contribution is 2.18. The summed E-state index contributed by atoms with van der Waals surface area (Å²) in [7, 11) is 0. The summed E-state index contributed by atoms with van der Waals surface area (Å²) in [6, 6.07) is 2.41. The van der Waals surface area contributed by atoms with Gasteiger partial charge in [0, 0.05) is 25.0 Å². The monoisotopic (exact) mass is 247 g/mol. The summed E-state index contributed by atoms with van der Waals surface area (Å²) < 4.78 is 1.90. The third-order valence-corrected chi connectivity index (χ3v) is 4.39. The molecule has 0 atom stereocenters. The van der Waals surface area contributed by atoms with Crippen molar-refractivity contribution in [1.29, 1.82) is 0 Å². The van der Waals surface area contributed by atoms with E-state index in [1.807, 2.05) is 4.68 Å². The van der Waals surface area contributed by atoms with Crippen LogP contribution in [0.15, 0.2) is 6.07 Å². The van der Waals surface area contributed by atoms with Gasteiger partial charge in [-0.15, -0.1) is 0 Å². The zero-order valence-corrected chi connectivity index (χ0v) is 12.0. The van der Waals surface area contributed by atoms with Crippen LogP contribution in [0.1, 0.15) is 67.5 Å². The number of hydrogen-bond acceptors (Lipinski definition) is 1. The molecule has 0 saturated heterocycles. The largest absolute Gasteiger partial charge is 0.211 e. The molecule has 2 heteroatoms. The average molecular weight is 247 g/mol. The molecule has 0 fully saturated rings. The van der Waals surface area contributed by atoms with Crippen LogP contribution in [0.5, 0.6) is 0 Å². The number of pyridine rings is 1. The predicted octanol–water partition coefficient (Wildman–Crippen LogP) is 3.13. The van der Waals surface area contributed by atoms with Gasteiger partial charge < -0.3 is 0 Å². The number of nitrogens with two attached hydrogens (primary N) is 1. The molecule has 0 aromatic carbocycles. The Labute approximate surface area is 111 Å². The molecule has 2 rings (SSSR count). The van der Waals surface area contributed by atoms with E-state index in [-0.39, 0.29) is 0 Å². The molecule has 100 valence electrons. The number of rotatable bonds is 0. The lowest BCUT2D eigenvalue weighted by Gasteiger charge is -2.11. The summed E-state index contributed by atoms with van der Waals surface area (Å²) in [6.45, 7) is 4.30. The van der Waals surface area contributed by atoms with E-state index in [4.69, 9.17) is 5.84 Å². The molecular weight excluding hydrogens is 220 g/mol. The van der Waals surface area contributed by atoms with Crippen molar-refractivity contribution in [3.05, 3.63) is 28.6 Å². The summed E-state index contributed by atoms with van der Waals surface area (Å²) >= 11 is 0. The van der Waals surface area contributed by atoms with Crippen molar-refractivity contribution >= 4 is 0 Å². The molecule has 1 heterocycles. The van der Waals surface area contributed by atoms with E-state index in [1.54, 1.807) is 0 Å². The highest BCUT2D eigenvalue weighted by atomic mass is 15.3. The van der Waals surface area contributed by atoms with E-state index in [0.29, 0.717) is 0 Å². The smallest absolute Gasteiger partial charge is 0.205 e. The summed E-state index contributed by atoms with van der Waals surface area (Å²) in [5, 5.41) is 0. The molecule has 0 unspecified atom stereocenters. The Hall–Kier alpha value is -1.05. The first-order chi connectivity index (χ1) is 8.70. The van der Waals surface area contributed by atoms with Crippen molar-refractivity contribution in [3.63, 3.8) is 0 Å². The van der Waals surface area contributed by atoms with Gasteiger partial charge in [-0.05, 0) is 31.7 Å². The van der Waals surface area contributed by atoms with Crippen LogP contribution in [0.2, 0.25) is 0 Å². The molecule has 1 aromatic rings. The topological polar surface area (TPSA) is 29.9 Å². The first kappa shape index (κ1) is 13.4. The number of fused-ring (bicyclic) bond motifs is 2. The van der Waals surface area contributed by atoms with E-state index in [0.717, 1.165) is 0 Å². The number of nitrogens with zero attached hydrogens (tertiary/aromatic N) is 1. The van der Waals surface area contributed by atoms with Crippen LogP contribution < -0.4 is 10.5 Å². The average Bonchev–Trinajstić information content (AvgIpc) is 2.35. The molecule has 1 aliphatic carbocycles. The maximum absolute atomic E-state index is 6.19. The van der Waals surface area contributed by atoms with Gasteiger partial charge in [-0.25, -0.2) is 5.84 Å². The Morgan fingerprint density at radius 3 is 1.61 bits per heavy atom. The minimum atomic E-state index is 1.19. The normalized spacial score (nSPS) is 17.9. The summed E-state index contributed by atoms with van der Waals surface area (Å²) in [6.07, 6.45) is 12.0. The number of aryl methyl sites for hydroxylation is 2. The van der Waals surface area contributed by atoms with Crippen LogP contribution in [0.3, 0.4) is 0 Å². The Morgan fingerprint density at radius 2 is 1.17 bits per heavy atom. The molecule has 0 amide bonds. The Morgan fingerprint density at radius 1 is 0.778 bits per heavy atom. The van der Waals surface area contributed by atoms with E-state index >= 15 is 0 Å². The number of nitrogen functional groups attached to an aromatic ring is 1. The lowest BCUT2D eigenvalue weighted by atomic mass is 9.96. The molecule has 2 nitrogen and oxygen atoms in total. The zero-order chi connectivity index (χ0) is 13.0. The fraction of sp³-hybridized carbons (Fsp3) is 0.688. The van der Waals surface area contributed by atoms with Crippen LogP contribution >= 0.6 is 0 Å². The zero-order valence-electron chi connectivity index (χ0n) is 12.0. The molecule has 18 heavy (non-hydrogen) atoms. The summed E-state index contributed by atoms with van der Waals surface area (Å²) in [4.78, 5) is 0. The first-order valence-corrected chi connectivity index (χ1v) is 7.49. The highest BCUT2D eigenvalue weighted by molar-refractivity contribution is 5.25. The van der Waals surface area contributed by atoms with E-state index in [2.05, 4.69) is 19.9 Å². The van der Waals surface area contributed by atoms with Gasteiger partial charge in [0.2, 0.25) is 11.4 Å². The lowest BCUT2D eigenvalue weighted by Crippen LogP contribution is -2.51. The fourth-order valence-electron chi connectivity index (χ4n) is 3.00. The van der Waals surface area contributed by atoms with Crippen LogP contribution in [-0.2, 0) is 12.8 Å². The van der Waals surface area contributed by atoms with Crippen LogP contribution in [0.4, 0.5) is 0 Å². The lowest BCUT2D eigenvalue weighted by molar-refractivity contribution is -0.652. The Bertz CT molecular complexity index is 376. The van der Waals surface area contributed by atoms with Crippen molar-refractivity contribution in [2.24, 2.45) is 0 Å². The summed E-state index contributed by atoms with van der Waals surface area (Å²) in [5.74, 6) is 6.19. The van der Waals surface area contributed by atoms with Gasteiger partial charge in [0.15, 0.2) is 0 Å². The SMILES string of the molecule is Cc1c2cc(c(C)[n+]1N)CCCCCCCCC2. The Kier molecular flexibility index (Phi) is 4.62. The molecule has 0 saturated carbocycles. The second kappa shape index (κ2) is 6.21. The Balaban J connectivity index is 2.27.